The van der Waals surface area contributed by atoms with E-state index in [-0.39, 0.29) is 28.4 Å². The van der Waals surface area contributed by atoms with Gasteiger partial charge >= 0.3 is 0 Å². The molecule has 0 amide bonds. The van der Waals surface area contributed by atoms with Gasteiger partial charge in [-0.3, -0.25) is 4.79 Å². The summed E-state index contributed by atoms with van der Waals surface area (Å²) in [6.45, 7) is 0.845. The SMILES string of the molecule is COc1cc(-c2oc3cc(O)cc(O)c3c(=O)c2O[C@H]2O[C@H](CO[C@H]3O[C@@H](C)[C@H](O)[C@@H](O)[C@H]3O)[C@@H](O)[C@H](O)[C@H]2O)ccc1O. The summed E-state index contributed by atoms with van der Waals surface area (Å²) >= 11 is 0. The van der Waals surface area contributed by atoms with Crippen molar-refractivity contribution in [2.75, 3.05) is 13.7 Å². The number of ether oxygens (including phenoxy) is 5. The Hall–Kier alpha value is -3.71. The molecule has 1 aromatic heterocycles. The molecule has 44 heavy (non-hydrogen) atoms. The fourth-order valence-electron chi connectivity index (χ4n) is 4.99. The van der Waals surface area contributed by atoms with E-state index in [1.807, 2.05) is 0 Å². The van der Waals surface area contributed by atoms with E-state index in [0.29, 0.717) is 0 Å². The molecule has 10 atom stereocenters. The Balaban J connectivity index is 1.49. The normalized spacial score (nSPS) is 32.5. The lowest BCUT2D eigenvalue weighted by atomic mass is 9.98. The number of hydrogen-bond donors (Lipinski definition) is 9. The zero-order valence-electron chi connectivity index (χ0n) is 23.3. The molecule has 16 nitrogen and oxygen atoms in total. The first-order valence-corrected chi connectivity index (χ1v) is 13.4. The van der Waals surface area contributed by atoms with Crippen molar-refractivity contribution in [2.24, 2.45) is 0 Å². The maximum Gasteiger partial charge on any atom is 0.239 e. The molecule has 2 aliphatic rings. The van der Waals surface area contributed by atoms with E-state index in [4.69, 9.17) is 28.1 Å². The van der Waals surface area contributed by atoms with Gasteiger partial charge in [0.1, 0.15) is 65.2 Å². The maximum atomic E-state index is 13.7. The molecule has 2 aliphatic heterocycles. The fraction of sp³-hybridized carbons (Fsp3) is 0.464. The molecular formula is C28H32O16. The molecule has 0 radical (unpaired) electrons. The predicted molar refractivity (Wildman–Crippen MR) is 145 cm³/mol. The monoisotopic (exact) mass is 624 g/mol. The lowest BCUT2D eigenvalue weighted by Crippen LogP contribution is -2.61. The molecule has 3 aromatic rings. The fourth-order valence-corrected chi connectivity index (χ4v) is 4.99. The summed E-state index contributed by atoms with van der Waals surface area (Å²) in [5.74, 6) is -2.28. The van der Waals surface area contributed by atoms with Crippen molar-refractivity contribution in [2.45, 2.75) is 68.3 Å². The van der Waals surface area contributed by atoms with Gasteiger partial charge in [-0.2, -0.15) is 0 Å². The zero-order valence-corrected chi connectivity index (χ0v) is 23.3. The number of methoxy groups -OCH3 is 1. The van der Waals surface area contributed by atoms with Gasteiger partial charge in [-0.05, 0) is 25.1 Å². The molecule has 9 N–H and O–H groups in total. The minimum absolute atomic E-state index is 0.0151. The van der Waals surface area contributed by atoms with Gasteiger partial charge in [0.25, 0.3) is 0 Å². The summed E-state index contributed by atoms with van der Waals surface area (Å²) in [5, 5.41) is 92.1. The van der Waals surface area contributed by atoms with Crippen LogP contribution in [0.2, 0.25) is 0 Å². The highest BCUT2D eigenvalue weighted by Crippen LogP contribution is 2.39. The number of rotatable bonds is 7. The predicted octanol–water partition coefficient (Wildman–Crippen LogP) is -1.38. The summed E-state index contributed by atoms with van der Waals surface area (Å²) in [4.78, 5) is 13.7. The van der Waals surface area contributed by atoms with Gasteiger partial charge in [-0.15, -0.1) is 0 Å². The van der Waals surface area contributed by atoms with E-state index in [2.05, 4.69) is 0 Å². The number of aliphatic hydroxyl groups is 6. The summed E-state index contributed by atoms with van der Waals surface area (Å²) in [6.07, 6.45) is -16.0. The van der Waals surface area contributed by atoms with Crippen molar-refractivity contribution >= 4 is 11.0 Å². The largest absolute Gasteiger partial charge is 0.508 e. The minimum atomic E-state index is -1.94. The summed E-state index contributed by atoms with van der Waals surface area (Å²) in [6, 6.07) is 5.83. The molecule has 0 saturated carbocycles. The average molecular weight is 625 g/mol. The van der Waals surface area contributed by atoms with Crippen molar-refractivity contribution in [1.82, 2.24) is 0 Å². The van der Waals surface area contributed by atoms with Crippen molar-refractivity contribution < 1.29 is 74.1 Å². The number of phenols is 3. The molecule has 2 saturated heterocycles. The molecule has 0 aliphatic carbocycles. The number of aliphatic hydroxyl groups excluding tert-OH is 6. The summed E-state index contributed by atoms with van der Waals surface area (Å²) in [5.41, 5.74) is -1.11. The highest BCUT2D eigenvalue weighted by molar-refractivity contribution is 5.88. The highest BCUT2D eigenvalue weighted by atomic mass is 16.7. The molecule has 2 aromatic carbocycles. The highest BCUT2D eigenvalue weighted by Gasteiger charge is 2.47. The number of aromatic hydroxyl groups is 3. The first kappa shape index (κ1) is 31.7. The second kappa shape index (κ2) is 12.4. The van der Waals surface area contributed by atoms with Gasteiger partial charge in [-0.25, -0.2) is 0 Å². The van der Waals surface area contributed by atoms with Gasteiger partial charge in [-0.1, -0.05) is 0 Å². The van der Waals surface area contributed by atoms with Crippen LogP contribution in [0.1, 0.15) is 6.92 Å². The second-order valence-corrected chi connectivity index (χ2v) is 10.5. The Labute approximate surface area is 248 Å². The Morgan fingerprint density at radius 2 is 1.48 bits per heavy atom. The van der Waals surface area contributed by atoms with E-state index >= 15 is 0 Å². The van der Waals surface area contributed by atoms with Crippen LogP contribution < -0.4 is 14.9 Å². The zero-order chi connectivity index (χ0) is 32.0. The van der Waals surface area contributed by atoms with Gasteiger partial charge in [0, 0.05) is 17.7 Å². The molecule has 16 heteroatoms. The quantitative estimate of drug-likeness (QED) is 0.147. The van der Waals surface area contributed by atoms with Crippen LogP contribution >= 0.6 is 0 Å². The van der Waals surface area contributed by atoms with Crippen LogP contribution in [-0.2, 0) is 14.2 Å². The van der Waals surface area contributed by atoms with Crippen LogP contribution in [0, 0.1) is 0 Å². The van der Waals surface area contributed by atoms with E-state index in [1.165, 1.54) is 32.2 Å². The van der Waals surface area contributed by atoms with Crippen molar-refractivity contribution in [1.29, 1.82) is 0 Å². The topological polar surface area (TPSA) is 258 Å². The van der Waals surface area contributed by atoms with Crippen molar-refractivity contribution in [3.63, 3.8) is 0 Å². The van der Waals surface area contributed by atoms with Crippen LogP contribution in [-0.4, -0.2) is 121 Å². The third-order valence-electron chi connectivity index (χ3n) is 7.50. The molecule has 3 heterocycles. The van der Waals surface area contributed by atoms with E-state index in [1.54, 1.807) is 0 Å². The van der Waals surface area contributed by atoms with Crippen LogP contribution in [0.25, 0.3) is 22.3 Å². The number of phenolic OH excluding ortho intramolecular Hbond substituents is 3. The first-order chi connectivity index (χ1) is 20.8. The third kappa shape index (κ3) is 5.74. The molecule has 240 valence electrons. The van der Waals surface area contributed by atoms with Gasteiger partial charge in [0.05, 0.1) is 19.8 Å². The van der Waals surface area contributed by atoms with E-state index in [0.717, 1.165) is 12.1 Å². The number of benzene rings is 2. The minimum Gasteiger partial charge on any atom is -0.508 e. The van der Waals surface area contributed by atoms with Gasteiger partial charge in [0.15, 0.2) is 23.5 Å². The Bertz CT molecular complexity index is 1560. The smallest absolute Gasteiger partial charge is 0.239 e. The van der Waals surface area contributed by atoms with Crippen LogP contribution in [0.3, 0.4) is 0 Å². The second-order valence-electron chi connectivity index (χ2n) is 10.5. The van der Waals surface area contributed by atoms with Crippen LogP contribution in [0.5, 0.6) is 28.7 Å². The Morgan fingerprint density at radius 1 is 0.795 bits per heavy atom. The Kier molecular flexibility index (Phi) is 8.90. The average Bonchev–Trinajstić information content (AvgIpc) is 2.98. The van der Waals surface area contributed by atoms with Crippen LogP contribution in [0.4, 0.5) is 0 Å². The van der Waals surface area contributed by atoms with Gasteiger partial charge < -0.3 is 74.1 Å². The summed E-state index contributed by atoms with van der Waals surface area (Å²) in [7, 11) is 1.28. The standard InChI is InChI=1S/C28H32O16/c1-9-18(32)21(35)23(37)27(41-9)40-8-16-19(33)22(36)24(38)28(43-16)44-26-20(34)17-13(31)6-11(29)7-15(17)42-25(26)10-3-4-12(30)14(5-10)39-2/h3-7,9,16,18-19,21-24,27-33,35-38H,8H2,1-2H3/t9-,16+,18-,19+,21+,22-,23+,24+,27-,28+/m0/s1. The third-order valence-corrected chi connectivity index (χ3v) is 7.50. The molecule has 2 fully saturated rings. The lowest BCUT2D eigenvalue weighted by molar-refractivity contribution is -0.318. The molecule has 0 spiro atoms. The van der Waals surface area contributed by atoms with E-state index in [9.17, 15) is 50.8 Å². The maximum absolute atomic E-state index is 13.7. The number of hydrogen-bond acceptors (Lipinski definition) is 16. The molecule has 0 unspecified atom stereocenters. The van der Waals surface area contributed by atoms with E-state index < -0.39 is 96.1 Å². The lowest BCUT2D eigenvalue weighted by Gasteiger charge is -2.42. The van der Waals surface area contributed by atoms with Crippen LogP contribution in [0.15, 0.2) is 39.5 Å². The van der Waals surface area contributed by atoms with Crippen molar-refractivity contribution in [3.05, 3.63) is 40.6 Å². The van der Waals surface area contributed by atoms with Gasteiger partial charge in [0.2, 0.25) is 17.5 Å². The molecular weight excluding hydrogens is 592 g/mol. The molecule has 0 bridgehead atoms. The number of fused-ring (bicyclic) bond motifs is 1. The molecule has 5 rings (SSSR count). The first-order valence-electron chi connectivity index (χ1n) is 13.4. The Morgan fingerprint density at radius 3 is 2.18 bits per heavy atom. The summed E-state index contributed by atoms with van der Waals surface area (Å²) < 4.78 is 33.2. The van der Waals surface area contributed by atoms with Crippen molar-refractivity contribution in [3.8, 4) is 40.1 Å².